The molecule has 5 aromatic heterocycles. The van der Waals surface area contributed by atoms with E-state index in [0.29, 0.717) is 35.8 Å². The Balaban J connectivity index is 1.46. The van der Waals surface area contributed by atoms with Gasteiger partial charge in [0.05, 0.1) is 23.2 Å². The summed E-state index contributed by atoms with van der Waals surface area (Å²) in [5, 5.41) is 12.9. The Labute approximate surface area is 179 Å². The second-order valence-electron chi connectivity index (χ2n) is 7.37. The maximum atomic E-state index is 13.5. The number of anilines is 1. The van der Waals surface area contributed by atoms with Crippen LogP contribution in [-0.2, 0) is 6.42 Å². The second-order valence-corrected chi connectivity index (χ2v) is 7.37. The summed E-state index contributed by atoms with van der Waals surface area (Å²) in [6.07, 6.45) is 1.31. The lowest BCUT2D eigenvalue weighted by atomic mass is 10.0. The Hall–Kier alpha value is -4.15. The van der Waals surface area contributed by atoms with Gasteiger partial charge >= 0.3 is 6.01 Å². The van der Waals surface area contributed by atoms with Crippen molar-refractivity contribution in [3.05, 3.63) is 77.8 Å². The van der Waals surface area contributed by atoms with Crippen LogP contribution in [0.15, 0.2) is 59.4 Å². The van der Waals surface area contributed by atoms with Crippen molar-refractivity contribution in [2.24, 2.45) is 0 Å². The summed E-state index contributed by atoms with van der Waals surface area (Å²) >= 11 is 0. The third-order valence-corrected chi connectivity index (χ3v) is 5.51. The number of halogens is 2. The molecule has 1 aliphatic rings. The monoisotopic (exact) mass is 434 g/mol. The topological polar surface area (TPSA) is 101 Å². The van der Waals surface area contributed by atoms with Crippen molar-refractivity contribution in [3.63, 3.8) is 0 Å². The first-order valence-corrected chi connectivity index (χ1v) is 9.99. The number of imidazole rings is 1. The Kier molecular flexibility index (Phi) is 4.20. The number of hydrogen-bond acceptors (Lipinski definition) is 7. The van der Waals surface area contributed by atoms with Crippen molar-refractivity contribution in [3.8, 4) is 11.6 Å². The molecule has 0 spiro atoms. The van der Waals surface area contributed by atoms with Crippen LogP contribution in [0.4, 0.5) is 14.8 Å². The van der Waals surface area contributed by atoms with Crippen molar-refractivity contribution < 1.29 is 13.2 Å². The number of nitrogens with zero attached hydrogens (tertiary/aromatic N) is 7. The third kappa shape index (κ3) is 2.93. The van der Waals surface area contributed by atoms with Gasteiger partial charge in [-0.25, -0.2) is 18.3 Å². The molecule has 32 heavy (non-hydrogen) atoms. The molecule has 1 aliphatic heterocycles. The minimum Gasteiger partial charge on any atom is -0.402 e. The molecule has 0 saturated heterocycles. The molecule has 0 radical (unpaired) electrons. The van der Waals surface area contributed by atoms with Crippen molar-refractivity contribution >= 4 is 11.5 Å². The normalized spacial score (nSPS) is 16.1. The van der Waals surface area contributed by atoms with Crippen LogP contribution in [0.25, 0.3) is 17.1 Å². The number of H-pyrrole nitrogens is 1. The Bertz CT molecular complexity index is 1390. The summed E-state index contributed by atoms with van der Waals surface area (Å²) in [7, 11) is 0. The lowest BCUT2D eigenvalue weighted by Gasteiger charge is -2.32. The fraction of sp³-hybridized carbons (Fsp3) is 0.190. The van der Waals surface area contributed by atoms with Gasteiger partial charge in [-0.05, 0) is 30.3 Å². The fourth-order valence-electron chi connectivity index (χ4n) is 4.06. The summed E-state index contributed by atoms with van der Waals surface area (Å²) in [5.74, 6) is 0.294. The molecule has 0 amide bonds. The SMILES string of the molecule is FC(F)c1cccc2cc(C3c4nc[nH]c4CCN3c3nnc(-c4ccccn4)o3)nn12. The Morgan fingerprint density at radius 1 is 1.09 bits per heavy atom. The fourth-order valence-corrected chi connectivity index (χ4v) is 4.06. The average molecular weight is 434 g/mol. The van der Waals surface area contributed by atoms with E-state index in [4.69, 9.17) is 4.42 Å². The van der Waals surface area contributed by atoms with Gasteiger partial charge in [0.2, 0.25) is 0 Å². The number of fused-ring (bicyclic) bond motifs is 2. The number of nitrogens with one attached hydrogen (secondary N) is 1. The molecule has 6 rings (SSSR count). The number of aromatic nitrogens is 7. The maximum absolute atomic E-state index is 13.5. The van der Waals surface area contributed by atoms with E-state index >= 15 is 0 Å². The highest BCUT2D eigenvalue weighted by molar-refractivity contribution is 5.54. The molecule has 0 aromatic carbocycles. The molecule has 0 aliphatic carbocycles. The van der Waals surface area contributed by atoms with Crippen LogP contribution in [0.2, 0.25) is 0 Å². The smallest absolute Gasteiger partial charge is 0.319 e. The Morgan fingerprint density at radius 2 is 2.03 bits per heavy atom. The summed E-state index contributed by atoms with van der Waals surface area (Å²) in [4.78, 5) is 13.8. The zero-order valence-electron chi connectivity index (χ0n) is 16.6. The molecule has 1 atom stereocenters. The van der Waals surface area contributed by atoms with Crippen LogP contribution in [0, 0.1) is 0 Å². The van der Waals surface area contributed by atoms with E-state index in [1.54, 1.807) is 42.9 Å². The van der Waals surface area contributed by atoms with E-state index in [-0.39, 0.29) is 11.7 Å². The molecule has 0 saturated carbocycles. The van der Waals surface area contributed by atoms with E-state index in [9.17, 15) is 8.78 Å². The Morgan fingerprint density at radius 3 is 2.88 bits per heavy atom. The highest BCUT2D eigenvalue weighted by Gasteiger charge is 2.36. The van der Waals surface area contributed by atoms with E-state index in [1.165, 1.54) is 10.6 Å². The number of rotatable bonds is 4. The van der Waals surface area contributed by atoms with Gasteiger partial charge < -0.3 is 14.3 Å². The molecule has 0 bridgehead atoms. The van der Waals surface area contributed by atoms with E-state index in [1.807, 2.05) is 11.0 Å². The summed E-state index contributed by atoms with van der Waals surface area (Å²) in [6, 6.07) is 11.7. The summed E-state index contributed by atoms with van der Waals surface area (Å²) in [6.45, 7) is 0.555. The highest BCUT2D eigenvalue weighted by Crippen LogP contribution is 2.37. The third-order valence-electron chi connectivity index (χ3n) is 5.51. The molecule has 9 nitrogen and oxygen atoms in total. The first-order chi connectivity index (χ1) is 15.7. The predicted molar refractivity (Wildman–Crippen MR) is 109 cm³/mol. The van der Waals surface area contributed by atoms with Crippen molar-refractivity contribution in [1.29, 1.82) is 0 Å². The van der Waals surface area contributed by atoms with E-state index < -0.39 is 12.5 Å². The minimum absolute atomic E-state index is 0.173. The van der Waals surface area contributed by atoms with Crippen molar-refractivity contribution in [2.45, 2.75) is 18.9 Å². The molecule has 1 N–H and O–H groups in total. The first kappa shape index (κ1) is 18.6. The quantitative estimate of drug-likeness (QED) is 0.461. The van der Waals surface area contributed by atoms with Crippen molar-refractivity contribution in [1.82, 2.24) is 34.8 Å². The van der Waals surface area contributed by atoms with E-state index in [2.05, 4.69) is 30.2 Å². The molecular weight excluding hydrogens is 418 g/mol. The number of alkyl halides is 2. The van der Waals surface area contributed by atoms with Crippen LogP contribution in [0.3, 0.4) is 0 Å². The number of pyridine rings is 2. The van der Waals surface area contributed by atoms with Crippen LogP contribution in [0.5, 0.6) is 0 Å². The van der Waals surface area contributed by atoms with Gasteiger partial charge in [0, 0.05) is 24.9 Å². The number of hydrogen-bond donors (Lipinski definition) is 1. The van der Waals surface area contributed by atoms with Gasteiger partial charge in [-0.1, -0.05) is 17.2 Å². The van der Waals surface area contributed by atoms with Gasteiger partial charge in [-0.15, -0.1) is 5.10 Å². The van der Waals surface area contributed by atoms with Crippen LogP contribution in [0.1, 0.15) is 35.2 Å². The second kappa shape index (κ2) is 7.22. The van der Waals surface area contributed by atoms with Crippen LogP contribution < -0.4 is 4.90 Å². The molecular formula is C21H16F2N8O. The van der Waals surface area contributed by atoms with Crippen molar-refractivity contribution in [2.75, 3.05) is 11.4 Å². The van der Waals surface area contributed by atoms with Gasteiger partial charge in [0.1, 0.15) is 17.4 Å². The standard InChI is InChI=1S/C21H16F2N8O/c22-19(23)16-6-3-4-12-10-15(29-31(12)16)18-17-13(25-11-26-17)7-9-30(18)21-28-27-20(32-21)14-5-1-2-8-24-14/h1-6,8,10-11,18-19H,7,9H2,(H,25,26). The van der Waals surface area contributed by atoms with Gasteiger partial charge in [-0.2, -0.15) is 5.10 Å². The zero-order valence-corrected chi connectivity index (χ0v) is 16.6. The predicted octanol–water partition coefficient (Wildman–Crippen LogP) is 3.59. The molecule has 5 aromatic rings. The molecule has 160 valence electrons. The maximum Gasteiger partial charge on any atom is 0.319 e. The van der Waals surface area contributed by atoms with Gasteiger partial charge in [0.25, 0.3) is 12.3 Å². The lowest BCUT2D eigenvalue weighted by Crippen LogP contribution is -2.37. The lowest BCUT2D eigenvalue weighted by molar-refractivity contribution is 0.143. The molecule has 1 unspecified atom stereocenters. The minimum atomic E-state index is -2.65. The summed E-state index contributed by atoms with van der Waals surface area (Å²) in [5.41, 5.74) is 3.23. The first-order valence-electron chi connectivity index (χ1n) is 9.99. The zero-order chi connectivity index (χ0) is 21.7. The molecule has 0 fully saturated rings. The molecule has 6 heterocycles. The molecule has 11 heteroatoms. The summed E-state index contributed by atoms with van der Waals surface area (Å²) < 4.78 is 34.2. The highest BCUT2D eigenvalue weighted by atomic mass is 19.3. The van der Waals surface area contributed by atoms with E-state index in [0.717, 1.165) is 11.4 Å². The van der Waals surface area contributed by atoms with Crippen LogP contribution in [-0.4, -0.2) is 41.3 Å². The van der Waals surface area contributed by atoms with Gasteiger partial charge in [-0.3, -0.25) is 4.98 Å². The largest absolute Gasteiger partial charge is 0.402 e. The van der Waals surface area contributed by atoms with Crippen LogP contribution >= 0.6 is 0 Å². The number of aromatic amines is 1. The van der Waals surface area contributed by atoms with Gasteiger partial charge in [0.15, 0.2) is 0 Å². The average Bonchev–Trinajstić information content (AvgIpc) is 3.57.